The number of nitrogens with zero attached hydrogens (tertiary/aromatic N) is 1. The van der Waals surface area contributed by atoms with Gasteiger partial charge in [-0.25, -0.2) is 0 Å². The molecule has 0 bridgehead atoms. The average Bonchev–Trinajstić information content (AvgIpc) is 2.68. The van der Waals surface area contributed by atoms with E-state index in [2.05, 4.69) is 30.3 Å². The van der Waals surface area contributed by atoms with Gasteiger partial charge in [0, 0.05) is 19.5 Å². The predicted octanol–water partition coefficient (Wildman–Crippen LogP) is 5.18. The van der Waals surface area contributed by atoms with Gasteiger partial charge in [0.1, 0.15) is 5.75 Å². The quantitative estimate of drug-likeness (QED) is 0.589. The first-order valence-electron chi connectivity index (χ1n) is 9.08. The summed E-state index contributed by atoms with van der Waals surface area (Å²) in [5, 5.41) is 2.41. The fourth-order valence-corrected chi connectivity index (χ4v) is 3.19. The largest absolute Gasteiger partial charge is 0.497 e. The van der Waals surface area contributed by atoms with E-state index in [0.717, 1.165) is 17.7 Å². The van der Waals surface area contributed by atoms with Gasteiger partial charge in [-0.15, -0.1) is 0 Å². The minimum atomic E-state index is 0.191. The molecule has 3 heteroatoms. The molecule has 3 nitrogen and oxygen atoms in total. The highest BCUT2D eigenvalue weighted by Crippen LogP contribution is 2.22. The number of methoxy groups -OCH3 is 1. The molecule has 0 aromatic heterocycles. The van der Waals surface area contributed by atoms with E-state index < -0.39 is 0 Å². The van der Waals surface area contributed by atoms with Crippen LogP contribution in [-0.2, 0) is 17.9 Å². The van der Waals surface area contributed by atoms with Crippen LogP contribution in [0.25, 0.3) is 10.8 Å². The zero-order valence-electron chi connectivity index (χ0n) is 15.4. The smallest absolute Gasteiger partial charge is 0.223 e. The van der Waals surface area contributed by atoms with Crippen molar-refractivity contribution in [3.05, 3.63) is 77.9 Å². The summed E-state index contributed by atoms with van der Waals surface area (Å²) in [6, 6.07) is 22.5. The summed E-state index contributed by atoms with van der Waals surface area (Å²) in [4.78, 5) is 14.7. The van der Waals surface area contributed by atoms with E-state index in [1.807, 2.05) is 48.2 Å². The van der Waals surface area contributed by atoms with Crippen molar-refractivity contribution in [2.24, 2.45) is 0 Å². The molecule has 0 aliphatic carbocycles. The van der Waals surface area contributed by atoms with E-state index in [-0.39, 0.29) is 5.91 Å². The fourth-order valence-electron chi connectivity index (χ4n) is 3.19. The molecular weight excluding hydrogens is 322 g/mol. The van der Waals surface area contributed by atoms with Crippen LogP contribution in [0.5, 0.6) is 5.75 Å². The van der Waals surface area contributed by atoms with Crippen molar-refractivity contribution < 1.29 is 9.53 Å². The molecule has 0 atom stereocenters. The van der Waals surface area contributed by atoms with Crippen LogP contribution < -0.4 is 4.74 Å². The maximum absolute atomic E-state index is 12.7. The molecule has 0 spiro atoms. The van der Waals surface area contributed by atoms with E-state index in [0.29, 0.717) is 19.5 Å². The zero-order chi connectivity index (χ0) is 18.4. The molecule has 0 N–H and O–H groups in total. The molecule has 0 aliphatic rings. The third kappa shape index (κ3) is 4.23. The molecule has 3 aromatic rings. The number of rotatable bonds is 7. The van der Waals surface area contributed by atoms with Gasteiger partial charge in [-0.05, 0) is 40.5 Å². The lowest BCUT2D eigenvalue weighted by Crippen LogP contribution is -2.29. The van der Waals surface area contributed by atoms with Gasteiger partial charge < -0.3 is 9.64 Å². The molecular formula is C23H25NO2. The standard InChI is InChI=1S/C23H25NO2/c1-3-7-23(25)24(16-18-12-14-21(26-2)15-13-18)17-20-10-6-9-19-8-4-5-11-22(19)20/h4-6,8-15H,3,7,16-17H2,1-2H3. The molecule has 0 fully saturated rings. The Morgan fingerprint density at radius 2 is 1.65 bits per heavy atom. The second kappa shape index (κ2) is 8.52. The lowest BCUT2D eigenvalue weighted by molar-refractivity contribution is -0.132. The third-order valence-electron chi connectivity index (χ3n) is 4.59. The number of amides is 1. The summed E-state index contributed by atoms with van der Waals surface area (Å²) in [7, 11) is 1.66. The van der Waals surface area contributed by atoms with E-state index in [1.165, 1.54) is 16.3 Å². The van der Waals surface area contributed by atoms with Crippen molar-refractivity contribution in [1.82, 2.24) is 4.90 Å². The first-order valence-corrected chi connectivity index (χ1v) is 9.08. The van der Waals surface area contributed by atoms with Gasteiger partial charge in [-0.1, -0.05) is 61.5 Å². The van der Waals surface area contributed by atoms with Gasteiger partial charge in [0.15, 0.2) is 0 Å². The number of fused-ring (bicyclic) bond motifs is 1. The predicted molar refractivity (Wildman–Crippen MR) is 106 cm³/mol. The van der Waals surface area contributed by atoms with Gasteiger partial charge in [0.2, 0.25) is 5.91 Å². The lowest BCUT2D eigenvalue weighted by atomic mass is 10.0. The van der Waals surface area contributed by atoms with Crippen molar-refractivity contribution >= 4 is 16.7 Å². The van der Waals surface area contributed by atoms with Crippen LogP contribution >= 0.6 is 0 Å². The van der Waals surface area contributed by atoms with Crippen molar-refractivity contribution in [1.29, 1.82) is 0 Å². The minimum Gasteiger partial charge on any atom is -0.497 e. The fraction of sp³-hybridized carbons (Fsp3) is 0.261. The maximum atomic E-state index is 12.7. The highest BCUT2D eigenvalue weighted by atomic mass is 16.5. The summed E-state index contributed by atoms with van der Waals surface area (Å²) in [6.45, 7) is 3.26. The summed E-state index contributed by atoms with van der Waals surface area (Å²) >= 11 is 0. The second-order valence-electron chi connectivity index (χ2n) is 6.49. The summed E-state index contributed by atoms with van der Waals surface area (Å²) in [5.74, 6) is 1.02. The highest BCUT2D eigenvalue weighted by molar-refractivity contribution is 5.86. The molecule has 3 aromatic carbocycles. The van der Waals surface area contributed by atoms with E-state index in [4.69, 9.17) is 4.74 Å². The van der Waals surface area contributed by atoms with Crippen LogP contribution in [0.1, 0.15) is 30.9 Å². The van der Waals surface area contributed by atoms with Crippen molar-refractivity contribution in [2.75, 3.05) is 7.11 Å². The number of ether oxygens (including phenoxy) is 1. The molecule has 1 amide bonds. The van der Waals surface area contributed by atoms with E-state index >= 15 is 0 Å². The van der Waals surface area contributed by atoms with Crippen molar-refractivity contribution in [2.45, 2.75) is 32.9 Å². The Morgan fingerprint density at radius 1 is 0.923 bits per heavy atom. The first kappa shape index (κ1) is 18.0. The van der Waals surface area contributed by atoms with Crippen LogP contribution in [0, 0.1) is 0 Å². The van der Waals surface area contributed by atoms with E-state index in [9.17, 15) is 4.79 Å². The van der Waals surface area contributed by atoms with Crippen LogP contribution in [0.4, 0.5) is 0 Å². The maximum Gasteiger partial charge on any atom is 0.223 e. The molecule has 0 aliphatic heterocycles. The van der Waals surface area contributed by atoms with Gasteiger partial charge >= 0.3 is 0 Å². The first-order chi connectivity index (χ1) is 12.7. The average molecular weight is 347 g/mol. The number of benzene rings is 3. The number of carbonyl (C=O) groups is 1. The molecule has 0 saturated carbocycles. The SMILES string of the molecule is CCCC(=O)N(Cc1ccc(OC)cc1)Cc1cccc2ccccc12. The summed E-state index contributed by atoms with van der Waals surface area (Å²) < 4.78 is 5.22. The van der Waals surface area contributed by atoms with Crippen LogP contribution in [0.15, 0.2) is 66.7 Å². The van der Waals surface area contributed by atoms with Gasteiger partial charge in [0.05, 0.1) is 7.11 Å². The number of carbonyl (C=O) groups excluding carboxylic acids is 1. The number of hydrogen-bond donors (Lipinski definition) is 0. The van der Waals surface area contributed by atoms with Gasteiger partial charge in [-0.2, -0.15) is 0 Å². The Bertz CT molecular complexity index is 866. The molecule has 0 radical (unpaired) electrons. The minimum absolute atomic E-state index is 0.191. The van der Waals surface area contributed by atoms with Gasteiger partial charge in [-0.3, -0.25) is 4.79 Å². The van der Waals surface area contributed by atoms with Crippen LogP contribution in [-0.4, -0.2) is 17.9 Å². The molecule has 0 saturated heterocycles. The van der Waals surface area contributed by atoms with Crippen LogP contribution in [0.2, 0.25) is 0 Å². The zero-order valence-corrected chi connectivity index (χ0v) is 15.4. The molecule has 3 rings (SSSR count). The van der Waals surface area contributed by atoms with E-state index in [1.54, 1.807) is 7.11 Å². The molecule has 0 heterocycles. The Hall–Kier alpha value is -2.81. The van der Waals surface area contributed by atoms with Crippen molar-refractivity contribution in [3.63, 3.8) is 0 Å². The van der Waals surface area contributed by atoms with Crippen LogP contribution in [0.3, 0.4) is 0 Å². The Labute approximate surface area is 155 Å². The lowest BCUT2D eigenvalue weighted by Gasteiger charge is -2.24. The highest BCUT2D eigenvalue weighted by Gasteiger charge is 2.15. The third-order valence-corrected chi connectivity index (χ3v) is 4.59. The topological polar surface area (TPSA) is 29.5 Å². The molecule has 26 heavy (non-hydrogen) atoms. The Kier molecular flexibility index (Phi) is 5.90. The molecule has 0 unspecified atom stereocenters. The second-order valence-corrected chi connectivity index (χ2v) is 6.49. The Morgan fingerprint density at radius 3 is 2.38 bits per heavy atom. The van der Waals surface area contributed by atoms with Gasteiger partial charge in [0.25, 0.3) is 0 Å². The summed E-state index contributed by atoms with van der Waals surface area (Å²) in [5.41, 5.74) is 2.29. The normalized spacial score (nSPS) is 10.7. The summed E-state index contributed by atoms with van der Waals surface area (Å²) in [6.07, 6.45) is 1.43. The monoisotopic (exact) mass is 347 g/mol. The molecule has 134 valence electrons. The Balaban J connectivity index is 1.86. The van der Waals surface area contributed by atoms with Crippen molar-refractivity contribution in [3.8, 4) is 5.75 Å². The number of hydrogen-bond acceptors (Lipinski definition) is 2.